The van der Waals surface area contributed by atoms with Crippen molar-refractivity contribution in [3.8, 4) is 17.0 Å². The summed E-state index contributed by atoms with van der Waals surface area (Å²) in [7, 11) is 0. The zero-order chi connectivity index (χ0) is 16.5. The number of aromatic nitrogens is 1. The van der Waals surface area contributed by atoms with Crippen LogP contribution in [0.4, 0.5) is 0 Å². The summed E-state index contributed by atoms with van der Waals surface area (Å²) in [5, 5.41) is 10.4. The van der Waals surface area contributed by atoms with Gasteiger partial charge in [0.25, 0.3) is 0 Å². The van der Waals surface area contributed by atoms with Crippen molar-refractivity contribution < 1.29 is 5.11 Å². The standard InChI is InChI=1S/C19H26N2O/c1-6-15-12(2)21-17(9-13(15)11-20)16-8-7-14(10-18(16)22)19(3,4)5/h7-10,22H,6,11,20H2,1-5H3. The fraction of sp³-hybridized carbons (Fsp3) is 0.421. The molecule has 3 heteroatoms. The Hall–Kier alpha value is -1.87. The predicted octanol–water partition coefficient (Wildman–Crippen LogP) is 4.08. The van der Waals surface area contributed by atoms with Gasteiger partial charge in [0.1, 0.15) is 5.75 Å². The molecule has 0 saturated heterocycles. The summed E-state index contributed by atoms with van der Waals surface area (Å²) in [5.74, 6) is 0.270. The summed E-state index contributed by atoms with van der Waals surface area (Å²) in [5.41, 5.74) is 11.8. The van der Waals surface area contributed by atoms with E-state index in [-0.39, 0.29) is 11.2 Å². The first kappa shape index (κ1) is 16.5. The highest BCUT2D eigenvalue weighted by atomic mass is 16.3. The SMILES string of the molecule is CCc1c(CN)cc(-c2ccc(C(C)(C)C)cc2O)nc1C. The quantitative estimate of drug-likeness (QED) is 0.897. The smallest absolute Gasteiger partial charge is 0.125 e. The Labute approximate surface area is 133 Å². The van der Waals surface area contributed by atoms with Gasteiger partial charge < -0.3 is 10.8 Å². The average molecular weight is 298 g/mol. The minimum absolute atomic E-state index is 0.00778. The van der Waals surface area contributed by atoms with Crippen LogP contribution < -0.4 is 5.73 Å². The average Bonchev–Trinajstić information content (AvgIpc) is 2.45. The molecular weight excluding hydrogens is 272 g/mol. The number of phenolic OH excluding ortho intramolecular Hbond substituents is 1. The number of phenols is 1. The first-order chi connectivity index (χ1) is 10.3. The number of aryl methyl sites for hydroxylation is 1. The lowest BCUT2D eigenvalue weighted by Crippen LogP contribution is -2.10. The van der Waals surface area contributed by atoms with E-state index in [1.165, 1.54) is 5.56 Å². The van der Waals surface area contributed by atoms with E-state index < -0.39 is 0 Å². The van der Waals surface area contributed by atoms with Gasteiger partial charge in [-0.3, -0.25) is 4.98 Å². The second kappa shape index (κ2) is 6.09. The van der Waals surface area contributed by atoms with Crippen LogP contribution in [0.3, 0.4) is 0 Å². The van der Waals surface area contributed by atoms with Gasteiger partial charge in [-0.15, -0.1) is 0 Å². The van der Waals surface area contributed by atoms with Gasteiger partial charge >= 0.3 is 0 Å². The molecule has 1 heterocycles. The number of nitrogens with two attached hydrogens (primary N) is 1. The number of hydrogen-bond acceptors (Lipinski definition) is 3. The molecule has 0 amide bonds. The molecule has 0 radical (unpaired) electrons. The zero-order valence-corrected chi connectivity index (χ0v) is 14.2. The molecule has 0 aliphatic rings. The van der Waals surface area contributed by atoms with Crippen molar-refractivity contribution in [2.45, 2.75) is 53.0 Å². The molecule has 3 nitrogen and oxygen atoms in total. The highest BCUT2D eigenvalue weighted by Crippen LogP contribution is 2.34. The van der Waals surface area contributed by atoms with E-state index in [0.717, 1.165) is 34.5 Å². The van der Waals surface area contributed by atoms with Crippen LogP contribution in [0, 0.1) is 6.92 Å². The molecule has 2 aromatic rings. The molecule has 0 unspecified atom stereocenters. The Morgan fingerprint density at radius 3 is 2.36 bits per heavy atom. The number of pyridine rings is 1. The van der Waals surface area contributed by atoms with E-state index in [4.69, 9.17) is 5.73 Å². The summed E-state index contributed by atoms with van der Waals surface area (Å²) >= 11 is 0. The molecule has 1 aromatic carbocycles. The fourth-order valence-corrected chi connectivity index (χ4v) is 2.78. The third kappa shape index (κ3) is 3.14. The third-order valence-electron chi connectivity index (χ3n) is 4.14. The summed E-state index contributed by atoms with van der Waals surface area (Å²) < 4.78 is 0. The van der Waals surface area contributed by atoms with Crippen molar-refractivity contribution >= 4 is 0 Å². The number of rotatable bonds is 3. The van der Waals surface area contributed by atoms with E-state index in [1.54, 1.807) is 0 Å². The van der Waals surface area contributed by atoms with Crippen molar-refractivity contribution in [3.63, 3.8) is 0 Å². The van der Waals surface area contributed by atoms with Gasteiger partial charge in [0.15, 0.2) is 0 Å². The third-order valence-corrected chi connectivity index (χ3v) is 4.14. The molecule has 0 spiro atoms. The highest BCUT2D eigenvalue weighted by Gasteiger charge is 2.17. The van der Waals surface area contributed by atoms with E-state index in [2.05, 4.69) is 38.7 Å². The highest BCUT2D eigenvalue weighted by molar-refractivity contribution is 5.69. The van der Waals surface area contributed by atoms with Crippen LogP contribution in [0.15, 0.2) is 24.3 Å². The minimum Gasteiger partial charge on any atom is -0.507 e. The second-order valence-electron chi connectivity index (χ2n) is 6.77. The molecule has 0 atom stereocenters. The van der Waals surface area contributed by atoms with Gasteiger partial charge in [-0.25, -0.2) is 0 Å². The van der Waals surface area contributed by atoms with Gasteiger partial charge in [0.05, 0.1) is 5.69 Å². The van der Waals surface area contributed by atoms with Crippen molar-refractivity contribution in [2.75, 3.05) is 0 Å². The molecular formula is C19H26N2O. The molecule has 1 aromatic heterocycles. The summed E-state index contributed by atoms with van der Waals surface area (Å²) in [6.45, 7) is 11.0. The van der Waals surface area contributed by atoms with E-state index in [0.29, 0.717) is 6.54 Å². The number of hydrogen-bond donors (Lipinski definition) is 2. The van der Waals surface area contributed by atoms with E-state index in [1.807, 2.05) is 25.1 Å². The van der Waals surface area contributed by atoms with Crippen molar-refractivity contribution in [3.05, 3.63) is 46.6 Å². The van der Waals surface area contributed by atoms with Crippen molar-refractivity contribution in [2.24, 2.45) is 5.73 Å². The molecule has 0 saturated carbocycles. The minimum atomic E-state index is 0.00778. The van der Waals surface area contributed by atoms with Crippen LogP contribution in [0.2, 0.25) is 0 Å². The number of aromatic hydroxyl groups is 1. The largest absolute Gasteiger partial charge is 0.507 e. The van der Waals surface area contributed by atoms with Gasteiger partial charge in [-0.2, -0.15) is 0 Å². The van der Waals surface area contributed by atoms with Crippen LogP contribution in [0.25, 0.3) is 11.3 Å². The Balaban J connectivity index is 2.55. The lowest BCUT2D eigenvalue weighted by molar-refractivity contribution is 0.473. The molecule has 0 aliphatic carbocycles. The van der Waals surface area contributed by atoms with Crippen molar-refractivity contribution in [1.29, 1.82) is 0 Å². The molecule has 0 aliphatic heterocycles. The second-order valence-corrected chi connectivity index (χ2v) is 6.77. The van der Waals surface area contributed by atoms with Crippen LogP contribution in [0.5, 0.6) is 5.75 Å². The number of benzene rings is 1. The van der Waals surface area contributed by atoms with E-state index in [9.17, 15) is 5.11 Å². The predicted molar refractivity (Wildman–Crippen MR) is 92.0 cm³/mol. The topological polar surface area (TPSA) is 59.1 Å². The Morgan fingerprint density at radius 2 is 1.86 bits per heavy atom. The summed E-state index contributed by atoms with van der Waals surface area (Å²) in [6.07, 6.45) is 0.917. The van der Waals surface area contributed by atoms with Gasteiger partial charge in [0.2, 0.25) is 0 Å². The maximum Gasteiger partial charge on any atom is 0.125 e. The monoisotopic (exact) mass is 298 g/mol. The molecule has 0 fully saturated rings. The normalized spacial score (nSPS) is 11.7. The summed E-state index contributed by atoms with van der Waals surface area (Å²) in [4.78, 5) is 4.66. The maximum absolute atomic E-state index is 10.4. The molecule has 22 heavy (non-hydrogen) atoms. The van der Waals surface area contributed by atoms with Crippen LogP contribution in [0.1, 0.15) is 50.1 Å². The van der Waals surface area contributed by atoms with E-state index >= 15 is 0 Å². The van der Waals surface area contributed by atoms with Gasteiger partial charge in [0, 0.05) is 17.8 Å². The molecule has 0 bridgehead atoms. The van der Waals surface area contributed by atoms with Crippen LogP contribution in [-0.4, -0.2) is 10.1 Å². The number of nitrogens with zero attached hydrogens (tertiary/aromatic N) is 1. The lowest BCUT2D eigenvalue weighted by Gasteiger charge is -2.20. The Bertz CT molecular complexity index is 685. The first-order valence-corrected chi connectivity index (χ1v) is 7.81. The molecule has 118 valence electrons. The van der Waals surface area contributed by atoms with Crippen LogP contribution in [-0.2, 0) is 18.4 Å². The molecule has 3 N–H and O–H groups in total. The van der Waals surface area contributed by atoms with Crippen LogP contribution >= 0.6 is 0 Å². The van der Waals surface area contributed by atoms with Gasteiger partial charge in [-0.1, -0.05) is 33.8 Å². The Kier molecular flexibility index (Phi) is 4.57. The fourth-order valence-electron chi connectivity index (χ4n) is 2.78. The first-order valence-electron chi connectivity index (χ1n) is 7.81. The van der Waals surface area contributed by atoms with Gasteiger partial charge in [-0.05, 0) is 53.6 Å². The maximum atomic E-state index is 10.4. The molecule has 2 rings (SSSR count). The zero-order valence-electron chi connectivity index (χ0n) is 14.2. The Morgan fingerprint density at radius 1 is 1.18 bits per heavy atom. The summed E-state index contributed by atoms with van der Waals surface area (Å²) in [6, 6.07) is 7.84. The van der Waals surface area contributed by atoms with Crippen molar-refractivity contribution in [1.82, 2.24) is 4.98 Å². The lowest BCUT2D eigenvalue weighted by atomic mass is 9.86.